The normalized spacial score (nSPS) is 10.6. The zero-order valence-electron chi connectivity index (χ0n) is 19.7. The molecular formula is C23H28N4O7S. The number of nitrogens with zero attached hydrogens (tertiary/aromatic N) is 1. The van der Waals surface area contributed by atoms with Gasteiger partial charge in [0.1, 0.15) is 0 Å². The molecule has 0 aliphatic rings. The second-order valence-corrected chi connectivity index (χ2v) is 9.14. The largest absolute Gasteiger partial charge is 0.453 e. The number of rotatable bonds is 8. The first-order valence-corrected chi connectivity index (χ1v) is 12.2. The van der Waals surface area contributed by atoms with Crippen molar-refractivity contribution in [1.29, 1.82) is 0 Å². The average molecular weight is 505 g/mol. The lowest BCUT2D eigenvalue weighted by molar-refractivity contribution is -0.116. The number of amides is 3. The molecule has 0 bridgehead atoms. The number of alkyl carbamates (subject to hydrolysis) is 2. The smallest absolute Gasteiger partial charge is 0.413 e. The number of anilines is 1. The molecule has 0 saturated heterocycles. The minimum Gasteiger partial charge on any atom is -0.453 e. The predicted molar refractivity (Wildman–Crippen MR) is 129 cm³/mol. The van der Waals surface area contributed by atoms with Crippen LogP contribution in [0.25, 0.3) is 0 Å². The Balaban J connectivity index is 2.55. The van der Waals surface area contributed by atoms with Crippen LogP contribution in [0.4, 0.5) is 21.0 Å². The topological polar surface area (TPSA) is 152 Å². The molecule has 188 valence electrons. The molecule has 3 amide bonds. The van der Waals surface area contributed by atoms with Crippen molar-refractivity contribution in [3.05, 3.63) is 48.5 Å². The van der Waals surface area contributed by atoms with Gasteiger partial charge in [-0.1, -0.05) is 38.0 Å². The van der Waals surface area contributed by atoms with Crippen LogP contribution in [-0.2, 0) is 24.1 Å². The van der Waals surface area contributed by atoms with Crippen molar-refractivity contribution in [3.63, 3.8) is 0 Å². The third kappa shape index (κ3) is 8.10. The minimum absolute atomic E-state index is 0.0337. The Bertz CT molecular complexity index is 1160. The van der Waals surface area contributed by atoms with Crippen LogP contribution in [0, 0.1) is 0 Å². The van der Waals surface area contributed by atoms with Crippen molar-refractivity contribution in [2.75, 3.05) is 19.5 Å². The Kier molecular flexibility index (Phi) is 10.2. The Morgan fingerprint density at radius 1 is 0.886 bits per heavy atom. The molecule has 2 aromatic carbocycles. The van der Waals surface area contributed by atoms with Gasteiger partial charge in [0.05, 0.1) is 35.4 Å². The molecule has 35 heavy (non-hydrogen) atoms. The van der Waals surface area contributed by atoms with Crippen molar-refractivity contribution in [1.82, 2.24) is 10.6 Å². The first-order chi connectivity index (χ1) is 16.7. The molecule has 0 spiro atoms. The maximum Gasteiger partial charge on any atom is 0.413 e. The first-order valence-electron chi connectivity index (χ1n) is 10.7. The van der Waals surface area contributed by atoms with Crippen LogP contribution in [0.5, 0.6) is 0 Å². The van der Waals surface area contributed by atoms with Gasteiger partial charge in [-0.15, -0.1) is 0 Å². The fourth-order valence-electron chi connectivity index (χ4n) is 2.86. The summed E-state index contributed by atoms with van der Waals surface area (Å²) in [4.78, 5) is 40.0. The van der Waals surface area contributed by atoms with Crippen molar-refractivity contribution in [3.8, 4) is 0 Å². The number of ether oxygens (including phenoxy) is 2. The number of hydrogen-bond acceptors (Lipinski definition) is 8. The zero-order valence-corrected chi connectivity index (χ0v) is 20.5. The maximum atomic E-state index is 13.1. The van der Waals surface area contributed by atoms with E-state index >= 15 is 0 Å². The molecular weight excluding hydrogens is 476 g/mol. The molecule has 11 nitrogen and oxygen atoms in total. The summed E-state index contributed by atoms with van der Waals surface area (Å²) in [5, 5.41) is 7.11. The fraction of sp³-hybridized carbons (Fsp3) is 0.304. The Labute approximate surface area is 203 Å². The second-order valence-electron chi connectivity index (χ2n) is 7.19. The highest BCUT2D eigenvalue weighted by molar-refractivity contribution is 7.91. The number of sulfone groups is 1. The Morgan fingerprint density at radius 2 is 1.51 bits per heavy atom. The monoisotopic (exact) mass is 504 g/mol. The number of methoxy groups -OCH3 is 2. The van der Waals surface area contributed by atoms with Gasteiger partial charge in [0, 0.05) is 6.42 Å². The van der Waals surface area contributed by atoms with Crippen molar-refractivity contribution in [2.45, 2.75) is 42.4 Å². The van der Waals surface area contributed by atoms with E-state index < -0.39 is 28.0 Å². The number of unbranched alkanes of at least 4 members (excludes halogenated alkanes) is 2. The van der Waals surface area contributed by atoms with Crippen LogP contribution >= 0.6 is 0 Å². The van der Waals surface area contributed by atoms with Gasteiger partial charge in [0.25, 0.3) is 0 Å². The lowest BCUT2D eigenvalue weighted by Gasteiger charge is -2.13. The van der Waals surface area contributed by atoms with Gasteiger partial charge < -0.3 is 14.8 Å². The summed E-state index contributed by atoms with van der Waals surface area (Å²) in [6.07, 6.45) is 0.867. The van der Waals surface area contributed by atoms with E-state index in [0.29, 0.717) is 6.42 Å². The molecule has 12 heteroatoms. The van der Waals surface area contributed by atoms with E-state index in [0.717, 1.165) is 27.1 Å². The van der Waals surface area contributed by atoms with Crippen molar-refractivity contribution < 1.29 is 32.3 Å². The van der Waals surface area contributed by atoms with Gasteiger partial charge in [-0.2, -0.15) is 0 Å². The molecule has 2 aromatic rings. The highest BCUT2D eigenvalue weighted by Gasteiger charge is 2.20. The standard InChI is InChI=1S/C23H28N4O7S/c1-4-5-7-12-20(28)24-18-14-13-17(35(31,32)16-10-8-6-9-11-16)15-19(18)25-21(26-22(29)33-2)27-23(30)34-3/h6,8-11,13-15H,4-5,7,12H2,1-3H3,(H,24,28)(H2,25,26,27,29,30). The maximum absolute atomic E-state index is 13.1. The number of benzene rings is 2. The summed E-state index contributed by atoms with van der Waals surface area (Å²) < 4.78 is 35.3. The van der Waals surface area contributed by atoms with Crippen LogP contribution in [0.2, 0.25) is 0 Å². The van der Waals surface area contributed by atoms with Crippen LogP contribution in [0.1, 0.15) is 32.6 Å². The number of carbonyl (C=O) groups is 3. The minimum atomic E-state index is -3.92. The van der Waals surface area contributed by atoms with Crippen molar-refractivity contribution >= 4 is 45.3 Å². The third-order valence-electron chi connectivity index (χ3n) is 4.66. The third-order valence-corrected chi connectivity index (χ3v) is 6.43. The number of aliphatic imine (C=N–C) groups is 1. The quantitative estimate of drug-likeness (QED) is 0.281. The summed E-state index contributed by atoms with van der Waals surface area (Å²) in [6.45, 7) is 2.01. The summed E-state index contributed by atoms with van der Waals surface area (Å²) in [6, 6.07) is 11.7. The van der Waals surface area contributed by atoms with Crippen LogP contribution in [-0.4, -0.2) is 46.7 Å². The van der Waals surface area contributed by atoms with Gasteiger partial charge in [-0.3, -0.25) is 15.4 Å². The number of guanidine groups is 1. The molecule has 0 aromatic heterocycles. The van der Waals surface area contributed by atoms with E-state index in [1.54, 1.807) is 18.2 Å². The van der Waals surface area contributed by atoms with Gasteiger partial charge in [0.2, 0.25) is 21.7 Å². The Hall–Kier alpha value is -3.93. The molecule has 0 radical (unpaired) electrons. The summed E-state index contributed by atoms with van der Waals surface area (Å²) in [7, 11) is -1.70. The lowest BCUT2D eigenvalue weighted by Crippen LogP contribution is -2.43. The van der Waals surface area contributed by atoms with Gasteiger partial charge in [-0.05, 0) is 36.8 Å². The summed E-state index contributed by atoms with van der Waals surface area (Å²) in [5.41, 5.74) is 0.142. The molecule has 0 saturated carbocycles. The Morgan fingerprint density at radius 3 is 2.09 bits per heavy atom. The van der Waals surface area contributed by atoms with E-state index in [2.05, 4.69) is 30.4 Å². The number of carbonyl (C=O) groups excluding carboxylic acids is 3. The summed E-state index contributed by atoms with van der Waals surface area (Å²) in [5.74, 6) is -0.698. The highest BCUT2D eigenvalue weighted by Crippen LogP contribution is 2.31. The highest BCUT2D eigenvalue weighted by atomic mass is 32.2. The van der Waals surface area contributed by atoms with Crippen LogP contribution in [0.3, 0.4) is 0 Å². The van der Waals surface area contributed by atoms with E-state index in [4.69, 9.17) is 0 Å². The zero-order chi connectivity index (χ0) is 25.8. The molecule has 0 aliphatic carbocycles. The summed E-state index contributed by atoms with van der Waals surface area (Å²) >= 11 is 0. The first kappa shape index (κ1) is 27.3. The van der Waals surface area contributed by atoms with Gasteiger partial charge in [-0.25, -0.2) is 23.0 Å². The molecule has 3 N–H and O–H groups in total. The molecule has 2 rings (SSSR count). The van der Waals surface area contributed by atoms with Gasteiger partial charge >= 0.3 is 12.2 Å². The van der Waals surface area contributed by atoms with Crippen molar-refractivity contribution in [2.24, 2.45) is 4.99 Å². The lowest BCUT2D eigenvalue weighted by atomic mass is 10.2. The van der Waals surface area contributed by atoms with E-state index in [1.807, 2.05) is 6.92 Å². The van der Waals surface area contributed by atoms with Gasteiger partial charge in [0.15, 0.2) is 0 Å². The second kappa shape index (κ2) is 13.1. The predicted octanol–water partition coefficient (Wildman–Crippen LogP) is 3.74. The molecule has 0 aliphatic heterocycles. The molecule has 0 atom stereocenters. The van der Waals surface area contributed by atoms with E-state index in [1.165, 1.54) is 30.3 Å². The fourth-order valence-corrected chi connectivity index (χ4v) is 4.17. The molecule has 0 fully saturated rings. The number of nitrogens with one attached hydrogen (secondary N) is 3. The SMILES string of the molecule is CCCCCC(=O)Nc1ccc(S(=O)(=O)c2ccccc2)cc1N=C(NC(=O)OC)NC(=O)OC. The number of hydrogen-bond donors (Lipinski definition) is 3. The molecule has 0 unspecified atom stereocenters. The average Bonchev–Trinajstić information content (AvgIpc) is 2.85. The molecule has 0 heterocycles. The van der Waals surface area contributed by atoms with Crippen LogP contribution in [0.15, 0.2) is 63.3 Å². The van der Waals surface area contributed by atoms with E-state index in [9.17, 15) is 22.8 Å². The van der Waals surface area contributed by atoms with E-state index in [-0.39, 0.29) is 33.5 Å². The van der Waals surface area contributed by atoms with Crippen LogP contribution < -0.4 is 16.0 Å².